The van der Waals surface area contributed by atoms with Crippen molar-refractivity contribution in [2.45, 2.75) is 6.92 Å². The number of hydrogen-bond donors (Lipinski definition) is 0. The SMILES string of the molecule is COc1ccc2c(c1)C=C(C)C2=O. The molecule has 0 aromatic heterocycles. The molecular weight excluding hydrogens is 164 g/mol. The second-order valence-corrected chi connectivity index (χ2v) is 3.11. The number of benzene rings is 1. The van der Waals surface area contributed by atoms with E-state index in [-0.39, 0.29) is 5.78 Å². The fourth-order valence-corrected chi connectivity index (χ4v) is 1.51. The lowest BCUT2D eigenvalue weighted by molar-refractivity contribution is 0.103. The van der Waals surface area contributed by atoms with Crippen molar-refractivity contribution in [3.63, 3.8) is 0 Å². The first kappa shape index (κ1) is 8.05. The Morgan fingerprint density at radius 3 is 2.77 bits per heavy atom. The van der Waals surface area contributed by atoms with E-state index in [1.54, 1.807) is 7.11 Å². The number of fused-ring (bicyclic) bond motifs is 1. The molecule has 2 nitrogen and oxygen atoms in total. The van der Waals surface area contributed by atoms with Crippen LogP contribution >= 0.6 is 0 Å². The number of ketones is 1. The Morgan fingerprint density at radius 2 is 2.08 bits per heavy atom. The van der Waals surface area contributed by atoms with Crippen LogP contribution in [-0.2, 0) is 0 Å². The molecule has 0 amide bonds. The van der Waals surface area contributed by atoms with Gasteiger partial charge in [-0.3, -0.25) is 4.79 Å². The second kappa shape index (κ2) is 2.73. The second-order valence-electron chi connectivity index (χ2n) is 3.11. The molecule has 0 atom stereocenters. The van der Waals surface area contributed by atoms with Crippen molar-refractivity contribution in [1.82, 2.24) is 0 Å². The van der Waals surface area contributed by atoms with Crippen LogP contribution in [0.5, 0.6) is 5.75 Å². The number of allylic oxidation sites excluding steroid dienone is 1. The third-order valence-electron chi connectivity index (χ3n) is 2.23. The summed E-state index contributed by atoms with van der Waals surface area (Å²) in [6.07, 6.45) is 1.89. The maximum atomic E-state index is 11.5. The Bertz CT molecular complexity index is 403. The minimum atomic E-state index is 0.123. The van der Waals surface area contributed by atoms with Crippen LogP contribution in [0.25, 0.3) is 6.08 Å². The Labute approximate surface area is 76.8 Å². The molecule has 2 rings (SSSR count). The fraction of sp³-hybridized carbons (Fsp3) is 0.182. The largest absolute Gasteiger partial charge is 0.497 e. The number of carbonyl (C=O) groups is 1. The van der Waals surface area contributed by atoms with Crippen LogP contribution in [0, 0.1) is 0 Å². The lowest BCUT2D eigenvalue weighted by atomic mass is 10.1. The average Bonchev–Trinajstić information content (AvgIpc) is 2.42. The molecule has 0 bridgehead atoms. The van der Waals surface area contributed by atoms with Crippen LogP contribution in [0.2, 0.25) is 0 Å². The molecular formula is C11H10O2. The predicted molar refractivity (Wildman–Crippen MR) is 51.0 cm³/mol. The Kier molecular flexibility index (Phi) is 1.69. The zero-order valence-corrected chi connectivity index (χ0v) is 7.63. The number of rotatable bonds is 1. The van der Waals surface area contributed by atoms with Gasteiger partial charge in [0.25, 0.3) is 0 Å². The minimum absolute atomic E-state index is 0.123. The molecule has 0 fully saturated rings. The van der Waals surface area contributed by atoms with Crippen molar-refractivity contribution in [1.29, 1.82) is 0 Å². The molecule has 2 heteroatoms. The van der Waals surface area contributed by atoms with E-state index < -0.39 is 0 Å². The van der Waals surface area contributed by atoms with Crippen molar-refractivity contribution < 1.29 is 9.53 Å². The first-order valence-electron chi connectivity index (χ1n) is 4.13. The summed E-state index contributed by atoms with van der Waals surface area (Å²) >= 11 is 0. The molecule has 0 unspecified atom stereocenters. The van der Waals surface area contributed by atoms with Gasteiger partial charge in [0.05, 0.1) is 7.11 Å². The summed E-state index contributed by atoms with van der Waals surface area (Å²) in [4.78, 5) is 11.5. The predicted octanol–water partition coefficient (Wildman–Crippen LogP) is 2.29. The van der Waals surface area contributed by atoms with Crippen LogP contribution < -0.4 is 4.74 Å². The van der Waals surface area contributed by atoms with Gasteiger partial charge in [-0.05, 0) is 42.3 Å². The quantitative estimate of drug-likeness (QED) is 0.653. The summed E-state index contributed by atoms with van der Waals surface area (Å²) in [6, 6.07) is 5.50. The van der Waals surface area contributed by atoms with Gasteiger partial charge in [0.15, 0.2) is 5.78 Å². The summed E-state index contributed by atoms with van der Waals surface area (Å²) < 4.78 is 5.07. The molecule has 0 saturated carbocycles. The molecule has 0 aliphatic heterocycles. The standard InChI is InChI=1S/C11H10O2/c1-7-5-8-6-9(13-2)3-4-10(8)11(7)12/h3-6H,1-2H3. The molecule has 66 valence electrons. The molecule has 1 aromatic carbocycles. The smallest absolute Gasteiger partial charge is 0.189 e. The van der Waals surface area contributed by atoms with Gasteiger partial charge < -0.3 is 4.74 Å². The van der Waals surface area contributed by atoms with E-state index in [2.05, 4.69) is 0 Å². The highest BCUT2D eigenvalue weighted by molar-refractivity contribution is 6.17. The van der Waals surface area contributed by atoms with E-state index in [1.807, 2.05) is 31.2 Å². The number of carbonyl (C=O) groups excluding carboxylic acids is 1. The van der Waals surface area contributed by atoms with Gasteiger partial charge in [-0.25, -0.2) is 0 Å². The highest BCUT2D eigenvalue weighted by Gasteiger charge is 2.18. The first-order chi connectivity index (χ1) is 6.22. The zero-order valence-electron chi connectivity index (χ0n) is 7.63. The summed E-state index contributed by atoms with van der Waals surface area (Å²) in [7, 11) is 1.62. The molecule has 0 heterocycles. The van der Waals surface area contributed by atoms with Gasteiger partial charge in [0.1, 0.15) is 5.75 Å². The van der Waals surface area contributed by atoms with Gasteiger partial charge in [0.2, 0.25) is 0 Å². The van der Waals surface area contributed by atoms with E-state index in [0.717, 1.165) is 22.4 Å². The summed E-state index contributed by atoms with van der Waals surface area (Å²) in [5, 5.41) is 0. The van der Waals surface area contributed by atoms with Gasteiger partial charge in [-0.15, -0.1) is 0 Å². The lowest BCUT2D eigenvalue weighted by Gasteiger charge is -2.01. The number of ether oxygens (including phenoxy) is 1. The van der Waals surface area contributed by atoms with Crippen molar-refractivity contribution >= 4 is 11.9 Å². The van der Waals surface area contributed by atoms with Gasteiger partial charge in [-0.1, -0.05) is 0 Å². The Hall–Kier alpha value is -1.57. The summed E-state index contributed by atoms with van der Waals surface area (Å²) in [5.41, 5.74) is 2.53. The van der Waals surface area contributed by atoms with E-state index in [9.17, 15) is 4.79 Å². The van der Waals surface area contributed by atoms with Crippen LogP contribution in [-0.4, -0.2) is 12.9 Å². The van der Waals surface area contributed by atoms with Crippen LogP contribution in [0.1, 0.15) is 22.8 Å². The van der Waals surface area contributed by atoms with E-state index in [1.165, 1.54) is 0 Å². The fourth-order valence-electron chi connectivity index (χ4n) is 1.51. The zero-order chi connectivity index (χ0) is 9.42. The average molecular weight is 174 g/mol. The van der Waals surface area contributed by atoms with Gasteiger partial charge in [0, 0.05) is 5.56 Å². The highest BCUT2D eigenvalue weighted by atomic mass is 16.5. The summed E-state index contributed by atoms with van der Waals surface area (Å²) in [6.45, 7) is 1.83. The topological polar surface area (TPSA) is 26.3 Å². The third kappa shape index (κ3) is 1.15. The molecule has 1 aliphatic carbocycles. The van der Waals surface area contributed by atoms with Crippen LogP contribution in [0.15, 0.2) is 23.8 Å². The Morgan fingerprint density at radius 1 is 1.31 bits per heavy atom. The molecule has 0 radical (unpaired) electrons. The summed E-state index contributed by atoms with van der Waals surface area (Å²) in [5.74, 6) is 0.912. The molecule has 13 heavy (non-hydrogen) atoms. The van der Waals surface area contributed by atoms with Gasteiger partial charge in [-0.2, -0.15) is 0 Å². The highest BCUT2D eigenvalue weighted by Crippen LogP contribution is 2.27. The van der Waals surface area contributed by atoms with Gasteiger partial charge >= 0.3 is 0 Å². The molecule has 1 aromatic rings. The third-order valence-corrected chi connectivity index (χ3v) is 2.23. The van der Waals surface area contributed by atoms with E-state index in [4.69, 9.17) is 4.74 Å². The van der Waals surface area contributed by atoms with E-state index in [0.29, 0.717) is 0 Å². The van der Waals surface area contributed by atoms with Crippen LogP contribution in [0.4, 0.5) is 0 Å². The first-order valence-corrected chi connectivity index (χ1v) is 4.13. The number of methoxy groups -OCH3 is 1. The molecule has 0 saturated heterocycles. The normalized spacial score (nSPS) is 14.0. The van der Waals surface area contributed by atoms with Crippen molar-refractivity contribution in [3.8, 4) is 5.75 Å². The Balaban J connectivity index is 2.55. The molecule has 0 N–H and O–H groups in total. The van der Waals surface area contributed by atoms with E-state index >= 15 is 0 Å². The minimum Gasteiger partial charge on any atom is -0.497 e. The monoisotopic (exact) mass is 174 g/mol. The maximum absolute atomic E-state index is 11.5. The lowest BCUT2D eigenvalue weighted by Crippen LogP contribution is -1.95. The van der Waals surface area contributed by atoms with Crippen molar-refractivity contribution in [2.24, 2.45) is 0 Å². The van der Waals surface area contributed by atoms with Crippen molar-refractivity contribution in [3.05, 3.63) is 34.9 Å². The molecule has 1 aliphatic rings. The van der Waals surface area contributed by atoms with Crippen molar-refractivity contribution in [2.75, 3.05) is 7.11 Å². The van der Waals surface area contributed by atoms with Crippen LogP contribution in [0.3, 0.4) is 0 Å². The maximum Gasteiger partial charge on any atom is 0.189 e. The molecule has 0 spiro atoms. The number of Topliss-reactive ketones (excluding diaryl/α,β-unsaturated/α-hetero) is 1. The number of hydrogen-bond acceptors (Lipinski definition) is 2.